The van der Waals surface area contributed by atoms with E-state index in [1.54, 1.807) is 31.4 Å². The van der Waals surface area contributed by atoms with Crippen molar-refractivity contribution in [2.24, 2.45) is 5.92 Å². The molecule has 0 unspecified atom stereocenters. The number of hydrogen-bond donors (Lipinski definition) is 0. The lowest BCUT2D eigenvalue weighted by atomic mass is 10.0. The van der Waals surface area contributed by atoms with E-state index in [4.69, 9.17) is 14.2 Å². The lowest BCUT2D eigenvalue weighted by Gasteiger charge is -2.29. The normalized spacial score (nSPS) is 18.2. The first-order valence-electron chi connectivity index (χ1n) is 10.9. The van der Waals surface area contributed by atoms with E-state index in [0.717, 1.165) is 24.1 Å². The van der Waals surface area contributed by atoms with Gasteiger partial charge in [0.25, 0.3) is 0 Å². The van der Waals surface area contributed by atoms with Crippen LogP contribution in [-0.4, -0.2) is 33.2 Å². The number of hydrogen-bond acceptors (Lipinski definition) is 3. The highest BCUT2D eigenvalue weighted by Gasteiger charge is 2.21. The minimum Gasteiger partial charge on any atom is -0.385 e. The molecule has 3 aromatic carbocycles. The topological polar surface area (TPSA) is 27.7 Å². The first-order valence-corrected chi connectivity index (χ1v) is 10.9. The predicted octanol–water partition coefficient (Wildman–Crippen LogP) is 5.62. The second-order valence-electron chi connectivity index (χ2n) is 8.17. The number of ether oxygens (including phenoxy) is 3. The molecule has 0 saturated carbocycles. The third kappa shape index (κ3) is 6.14. The summed E-state index contributed by atoms with van der Waals surface area (Å²) in [4.78, 5) is 0. The zero-order chi connectivity index (χ0) is 23.2. The first kappa shape index (κ1) is 23.3. The van der Waals surface area contributed by atoms with Crippen LogP contribution >= 0.6 is 0 Å². The van der Waals surface area contributed by atoms with Gasteiger partial charge in [-0.25, -0.2) is 13.2 Å². The van der Waals surface area contributed by atoms with Gasteiger partial charge in [0.1, 0.15) is 5.82 Å². The van der Waals surface area contributed by atoms with E-state index in [1.807, 2.05) is 6.07 Å². The highest BCUT2D eigenvalue weighted by Crippen LogP contribution is 2.21. The quantitative estimate of drug-likeness (QED) is 0.453. The molecule has 1 aliphatic rings. The van der Waals surface area contributed by atoms with Crippen LogP contribution < -0.4 is 0 Å². The molecule has 172 valence electrons. The van der Waals surface area contributed by atoms with Crippen molar-refractivity contribution in [2.45, 2.75) is 25.6 Å². The minimum absolute atomic E-state index is 0.273. The Balaban J connectivity index is 1.35. The molecule has 33 heavy (non-hydrogen) atoms. The number of aryl methyl sites for hydroxylation is 1. The van der Waals surface area contributed by atoms with Crippen molar-refractivity contribution >= 4 is 10.8 Å². The van der Waals surface area contributed by atoms with Crippen LogP contribution in [0.2, 0.25) is 0 Å². The molecular weight excluding hydrogens is 429 g/mol. The Morgan fingerprint density at radius 2 is 1.61 bits per heavy atom. The molecule has 4 rings (SSSR count). The molecule has 1 aliphatic heterocycles. The number of rotatable bonds is 6. The van der Waals surface area contributed by atoms with Crippen LogP contribution in [0.5, 0.6) is 0 Å². The second-order valence-corrected chi connectivity index (χ2v) is 8.17. The van der Waals surface area contributed by atoms with Gasteiger partial charge >= 0.3 is 0 Å². The van der Waals surface area contributed by atoms with E-state index in [0.29, 0.717) is 54.9 Å². The number of benzene rings is 3. The lowest BCUT2D eigenvalue weighted by Crippen LogP contribution is -2.32. The molecule has 1 fully saturated rings. The van der Waals surface area contributed by atoms with Crippen LogP contribution in [0, 0.1) is 35.2 Å². The SMILES string of the molecule is COCCC1COC(CCc2ccc(C#Cc3ccc4cc(F)c(F)cc4c3)c(F)c2)OC1. The Hall–Kier alpha value is -2.85. The molecule has 0 spiro atoms. The Kier molecular flexibility index (Phi) is 7.66. The maximum atomic E-state index is 14.6. The fraction of sp³-hybridized carbons (Fsp3) is 0.333. The zero-order valence-electron chi connectivity index (χ0n) is 18.4. The van der Waals surface area contributed by atoms with Gasteiger partial charge in [0.2, 0.25) is 0 Å². The average molecular weight is 454 g/mol. The van der Waals surface area contributed by atoms with Crippen molar-refractivity contribution in [1.82, 2.24) is 0 Å². The van der Waals surface area contributed by atoms with Gasteiger partial charge in [0, 0.05) is 31.6 Å². The highest BCUT2D eigenvalue weighted by atomic mass is 19.2. The van der Waals surface area contributed by atoms with Gasteiger partial charge < -0.3 is 14.2 Å². The van der Waals surface area contributed by atoms with Crippen LogP contribution in [-0.2, 0) is 20.6 Å². The minimum atomic E-state index is -0.913. The number of halogens is 3. The van der Waals surface area contributed by atoms with Crippen molar-refractivity contribution < 1.29 is 27.4 Å². The van der Waals surface area contributed by atoms with Gasteiger partial charge in [0.15, 0.2) is 17.9 Å². The molecule has 0 bridgehead atoms. The third-order valence-corrected chi connectivity index (χ3v) is 5.69. The standard InChI is InChI=1S/C27H25F3O3/c1-31-11-10-20-16-32-27(33-17-20)9-5-19-3-7-21(24(28)13-19)6-2-18-4-8-22-14-25(29)26(30)15-23(22)12-18/h3-4,7-8,12-15,20,27H,5,9-11,16-17H2,1H3. The van der Waals surface area contributed by atoms with Gasteiger partial charge in [-0.05, 0) is 65.6 Å². The molecular formula is C27H25F3O3. The fourth-order valence-corrected chi connectivity index (χ4v) is 3.76. The number of methoxy groups -OCH3 is 1. The molecule has 1 heterocycles. The predicted molar refractivity (Wildman–Crippen MR) is 120 cm³/mol. The molecule has 0 aromatic heterocycles. The zero-order valence-corrected chi connectivity index (χ0v) is 18.4. The van der Waals surface area contributed by atoms with Gasteiger partial charge in [-0.1, -0.05) is 24.0 Å². The van der Waals surface area contributed by atoms with Crippen molar-refractivity contribution in [3.63, 3.8) is 0 Å². The highest BCUT2D eigenvalue weighted by molar-refractivity contribution is 5.84. The maximum absolute atomic E-state index is 14.6. The van der Waals surface area contributed by atoms with E-state index >= 15 is 0 Å². The summed E-state index contributed by atoms with van der Waals surface area (Å²) < 4.78 is 58.0. The summed E-state index contributed by atoms with van der Waals surface area (Å²) in [6, 6.07) is 12.3. The molecule has 1 saturated heterocycles. The van der Waals surface area contributed by atoms with Crippen molar-refractivity contribution in [2.75, 3.05) is 26.9 Å². The van der Waals surface area contributed by atoms with Gasteiger partial charge in [-0.3, -0.25) is 0 Å². The molecule has 6 heteroatoms. The smallest absolute Gasteiger partial charge is 0.159 e. The number of fused-ring (bicyclic) bond motifs is 1. The summed E-state index contributed by atoms with van der Waals surface area (Å²) in [5, 5.41) is 1.11. The molecule has 0 atom stereocenters. The molecule has 0 aliphatic carbocycles. The van der Waals surface area contributed by atoms with Crippen molar-refractivity contribution in [1.29, 1.82) is 0 Å². The Bertz CT molecular complexity index is 1170. The van der Waals surface area contributed by atoms with Crippen LogP contribution in [0.4, 0.5) is 13.2 Å². The summed E-state index contributed by atoms with van der Waals surface area (Å²) in [5.74, 6) is 3.85. The Labute approximate surface area is 191 Å². The molecule has 0 radical (unpaired) electrons. The van der Waals surface area contributed by atoms with Gasteiger partial charge in [-0.15, -0.1) is 0 Å². The Morgan fingerprint density at radius 3 is 2.33 bits per heavy atom. The molecule has 3 aromatic rings. The summed E-state index contributed by atoms with van der Waals surface area (Å²) in [6.07, 6.45) is 1.91. The summed E-state index contributed by atoms with van der Waals surface area (Å²) in [7, 11) is 1.68. The largest absolute Gasteiger partial charge is 0.385 e. The second kappa shape index (κ2) is 10.8. The van der Waals surface area contributed by atoms with E-state index in [-0.39, 0.29) is 11.9 Å². The maximum Gasteiger partial charge on any atom is 0.159 e. The lowest BCUT2D eigenvalue weighted by molar-refractivity contribution is -0.204. The summed E-state index contributed by atoms with van der Waals surface area (Å²) in [5.41, 5.74) is 1.71. The monoisotopic (exact) mass is 454 g/mol. The van der Waals surface area contributed by atoms with E-state index < -0.39 is 17.5 Å². The third-order valence-electron chi connectivity index (χ3n) is 5.69. The van der Waals surface area contributed by atoms with E-state index in [9.17, 15) is 13.2 Å². The average Bonchev–Trinajstić information content (AvgIpc) is 2.82. The fourth-order valence-electron chi connectivity index (χ4n) is 3.76. The first-order chi connectivity index (χ1) is 16.0. The summed E-state index contributed by atoms with van der Waals surface area (Å²) in [6.45, 7) is 1.98. The van der Waals surface area contributed by atoms with Crippen molar-refractivity contribution in [3.05, 3.63) is 82.7 Å². The van der Waals surface area contributed by atoms with Gasteiger partial charge in [0.05, 0.1) is 18.8 Å². The van der Waals surface area contributed by atoms with Crippen molar-refractivity contribution in [3.8, 4) is 11.8 Å². The van der Waals surface area contributed by atoms with Crippen LogP contribution in [0.15, 0.2) is 48.5 Å². The van der Waals surface area contributed by atoms with Crippen LogP contribution in [0.3, 0.4) is 0 Å². The molecule has 3 nitrogen and oxygen atoms in total. The van der Waals surface area contributed by atoms with Crippen LogP contribution in [0.1, 0.15) is 29.5 Å². The Morgan fingerprint density at radius 1 is 0.848 bits per heavy atom. The molecule has 0 amide bonds. The van der Waals surface area contributed by atoms with E-state index in [1.165, 1.54) is 6.07 Å². The van der Waals surface area contributed by atoms with Gasteiger partial charge in [-0.2, -0.15) is 0 Å². The van der Waals surface area contributed by atoms with Crippen LogP contribution in [0.25, 0.3) is 10.8 Å². The molecule has 0 N–H and O–H groups in total. The van der Waals surface area contributed by atoms with E-state index in [2.05, 4.69) is 11.8 Å². The summed E-state index contributed by atoms with van der Waals surface area (Å²) >= 11 is 0.